The summed E-state index contributed by atoms with van der Waals surface area (Å²) in [4.78, 5) is 11.1. The minimum atomic E-state index is -3.77. The van der Waals surface area contributed by atoms with Crippen LogP contribution >= 0.6 is 0 Å². The molecule has 0 aliphatic carbocycles. The molecule has 0 aromatic heterocycles. The third kappa shape index (κ3) is 8.97. The van der Waals surface area contributed by atoms with Crippen LogP contribution in [0, 0.1) is 0 Å². The van der Waals surface area contributed by atoms with Crippen LogP contribution in [0.2, 0.25) is 0 Å². The molecule has 1 aromatic carbocycles. The third-order valence-electron chi connectivity index (χ3n) is 3.73. The second kappa shape index (κ2) is 10.9. The Kier molecular flexibility index (Phi) is 9.30. The molecule has 0 bridgehead atoms. The molecular weight excluding hydrogens is 350 g/mol. The Hall–Kier alpha value is -1.92. The predicted molar refractivity (Wildman–Crippen MR) is 106 cm³/mol. The predicted octanol–water partition coefficient (Wildman–Crippen LogP) is 4.82. The fraction of sp³-hybridized carbons (Fsp3) is 0.450. The number of rotatable bonds is 11. The summed E-state index contributed by atoms with van der Waals surface area (Å²) in [6.07, 6.45) is 6.70. The van der Waals surface area contributed by atoms with Gasteiger partial charge in [-0.3, -0.25) is 8.98 Å². The molecule has 1 amide bonds. The van der Waals surface area contributed by atoms with Crippen LogP contribution in [-0.4, -0.2) is 20.9 Å². The number of benzene rings is 1. The lowest BCUT2D eigenvalue weighted by Crippen LogP contribution is -2.09. The van der Waals surface area contributed by atoms with Crippen LogP contribution in [-0.2, 0) is 19.1 Å². The van der Waals surface area contributed by atoms with Gasteiger partial charge in [-0.15, -0.1) is 6.58 Å². The summed E-state index contributed by atoms with van der Waals surface area (Å²) >= 11 is 0. The maximum Gasteiger partial charge on any atom is 0.296 e. The van der Waals surface area contributed by atoms with E-state index in [0.717, 1.165) is 25.7 Å². The van der Waals surface area contributed by atoms with Crippen molar-refractivity contribution in [2.45, 2.75) is 57.8 Å². The monoisotopic (exact) mass is 379 g/mol. The summed E-state index contributed by atoms with van der Waals surface area (Å²) in [7, 11) is -3.77. The molecule has 6 heteroatoms. The molecule has 0 aliphatic heterocycles. The molecule has 1 N–H and O–H groups in total. The summed E-state index contributed by atoms with van der Waals surface area (Å²) in [6, 6.07) is 5.93. The van der Waals surface area contributed by atoms with Gasteiger partial charge in [0, 0.05) is 12.6 Å². The molecule has 0 radical (unpaired) electrons. The van der Waals surface area contributed by atoms with Crippen molar-refractivity contribution in [1.82, 2.24) is 0 Å². The molecule has 26 heavy (non-hydrogen) atoms. The van der Waals surface area contributed by atoms with Gasteiger partial charge in [-0.25, -0.2) is 0 Å². The van der Waals surface area contributed by atoms with E-state index in [1.807, 2.05) is 6.92 Å². The highest BCUT2D eigenvalue weighted by molar-refractivity contribution is 7.86. The summed E-state index contributed by atoms with van der Waals surface area (Å²) < 4.78 is 29.4. The Balaban J connectivity index is 2.37. The Labute approximate surface area is 157 Å². The molecule has 0 heterocycles. The quantitative estimate of drug-likeness (QED) is 0.340. The van der Waals surface area contributed by atoms with E-state index < -0.39 is 10.1 Å². The standard InChI is InChI=1S/C20H29NO4S/c1-16(2)8-7-10-17(3)9-5-6-15-25-26(23,24)20-13-11-19(12-14-20)21-18(4)22/h10-14H,1,5-9,15H2,2-4H3,(H,21,22)/b17-10-. The summed E-state index contributed by atoms with van der Waals surface area (Å²) in [5, 5.41) is 2.59. The Morgan fingerprint density at radius 2 is 1.77 bits per heavy atom. The first kappa shape index (κ1) is 22.1. The van der Waals surface area contributed by atoms with Gasteiger partial charge >= 0.3 is 0 Å². The molecule has 0 saturated heterocycles. The van der Waals surface area contributed by atoms with Gasteiger partial charge < -0.3 is 5.32 Å². The summed E-state index contributed by atoms with van der Waals surface area (Å²) in [6.45, 7) is 9.55. The molecule has 0 fully saturated rings. The molecule has 1 rings (SSSR count). The fourth-order valence-electron chi connectivity index (χ4n) is 2.32. The van der Waals surface area contributed by atoms with Crippen LogP contribution in [0.25, 0.3) is 0 Å². The van der Waals surface area contributed by atoms with Crippen LogP contribution in [0.15, 0.2) is 53.0 Å². The first-order valence-electron chi connectivity index (χ1n) is 8.78. The van der Waals surface area contributed by atoms with Gasteiger partial charge in [-0.05, 0) is 70.2 Å². The van der Waals surface area contributed by atoms with Crippen molar-refractivity contribution >= 4 is 21.7 Å². The highest BCUT2D eigenvalue weighted by atomic mass is 32.2. The average molecular weight is 380 g/mol. The lowest BCUT2D eigenvalue weighted by Gasteiger charge is -2.07. The average Bonchev–Trinajstić information content (AvgIpc) is 2.54. The number of carbonyl (C=O) groups excluding carboxylic acids is 1. The number of carbonyl (C=O) groups is 1. The first-order chi connectivity index (χ1) is 12.2. The number of nitrogens with one attached hydrogen (secondary N) is 1. The number of unbranched alkanes of at least 4 members (excludes halogenated alkanes) is 1. The van der Waals surface area contributed by atoms with Crippen LogP contribution in [0.5, 0.6) is 0 Å². The van der Waals surface area contributed by atoms with E-state index >= 15 is 0 Å². The van der Waals surface area contributed by atoms with Crippen molar-refractivity contribution in [1.29, 1.82) is 0 Å². The van der Waals surface area contributed by atoms with Gasteiger partial charge in [-0.2, -0.15) is 8.42 Å². The number of hydrogen-bond donors (Lipinski definition) is 1. The van der Waals surface area contributed by atoms with Crippen molar-refractivity contribution in [2.75, 3.05) is 11.9 Å². The molecule has 144 valence electrons. The summed E-state index contributed by atoms with van der Waals surface area (Å²) in [5.41, 5.74) is 3.03. The SMILES string of the molecule is C=C(C)CC/C=C(/C)CCCCOS(=O)(=O)c1ccc(NC(C)=O)cc1. The second-order valence-electron chi connectivity index (χ2n) is 6.49. The van der Waals surface area contributed by atoms with E-state index in [0.29, 0.717) is 12.1 Å². The zero-order valence-corrected chi connectivity index (χ0v) is 16.7. The number of amides is 1. The van der Waals surface area contributed by atoms with Crippen molar-refractivity contribution in [2.24, 2.45) is 0 Å². The number of hydrogen-bond acceptors (Lipinski definition) is 4. The van der Waals surface area contributed by atoms with E-state index in [1.54, 1.807) is 0 Å². The van der Waals surface area contributed by atoms with E-state index in [2.05, 4.69) is 24.9 Å². The smallest absolute Gasteiger partial charge is 0.296 e. The van der Waals surface area contributed by atoms with Crippen LogP contribution < -0.4 is 5.32 Å². The third-order valence-corrected chi connectivity index (χ3v) is 5.06. The lowest BCUT2D eigenvalue weighted by atomic mass is 10.1. The van der Waals surface area contributed by atoms with Crippen LogP contribution in [0.3, 0.4) is 0 Å². The number of allylic oxidation sites excluding steroid dienone is 3. The van der Waals surface area contributed by atoms with Crippen LogP contribution in [0.1, 0.15) is 52.9 Å². The molecule has 0 aliphatic rings. The molecule has 1 aromatic rings. The van der Waals surface area contributed by atoms with Crippen LogP contribution in [0.4, 0.5) is 5.69 Å². The Bertz CT molecular complexity index is 734. The Morgan fingerprint density at radius 1 is 1.12 bits per heavy atom. The molecule has 5 nitrogen and oxygen atoms in total. The maximum atomic E-state index is 12.1. The molecule has 0 atom stereocenters. The van der Waals surface area contributed by atoms with Gasteiger partial charge in [0.1, 0.15) is 0 Å². The van der Waals surface area contributed by atoms with Crippen molar-refractivity contribution < 1.29 is 17.4 Å². The van der Waals surface area contributed by atoms with Gasteiger partial charge in [0.2, 0.25) is 5.91 Å². The minimum Gasteiger partial charge on any atom is -0.326 e. The zero-order chi connectivity index (χ0) is 19.6. The molecule has 0 saturated carbocycles. The lowest BCUT2D eigenvalue weighted by molar-refractivity contribution is -0.114. The highest BCUT2D eigenvalue weighted by Gasteiger charge is 2.14. The molecule has 0 spiro atoms. The molecule has 0 unspecified atom stereocenters. The highest BCUT2D eigenvalue weighted by Crippen LogP contribution is 2.17. The van der Waals surface area contributed by atoms with Gasteiger partial charge in [0.25, 0.3) is 10.1 Å². The van der Waals surface area contributed by atoms with E-state index in [9.17, 15) is 13.2 Å². The van der Waals surface area contributed by atoms with Crippen molar-refractivity contribution in [3.05, 3.63) is 48.1 Å². The number of anilines is 1. The minimum absolute atomic E-state index is 0.0856. The van der Waals surface area contributed by atoms with Gasteiger partial charge in [0.15, 0.2) is 0 Å². The fourth-order valence-corrected chi connectivity index (χ4v) is 3.26. The topological polar surface area (TPSA) is 72.5 Å². The van der Waals surface area contributed by atoms with Gasteiger partial charge in [0.05, 0.1) is 11.5 Å². The normalized spacial score (nSPS) is 12.0. The molecular formula is C20H29NO4S. The van der Waals surface area contributed by atoms with E-state index in [4.69, 9.17) is 4.18 Å². The van der Waals surface area contributed by atoms with Gasteiger partial charge in [-0.1, -0.05) is 17.2 Å². The largest absolute Gasteiger partial charge is 0.326 e. The summed E-state index contributed by atoms with van der Waals surface area (Å²) in [5.74, 6) is -0.208. The second-order valence-corrected chi connectivity index (χ2v) is 8.10. The van der Waals surface area contributed by atoms with Crippen molar-refractivity contribution in [3.8, 4) is 0 Å². The van der Waals surface area contributed by atoms with E-state index in [-0.39, 0.29) is 17.4 Å². The van der Waals surface area contributed by atoms with Crippen molar-refractivity contribution in [3.63, 3.8) is 0 Å². The Morgan fingerprint density at radius 3 is 2.35 bits per heavy atom. The maximum absolute atomic E-state index is 12.1. The first-order valence-corrected chi connectivity index (χ1v) is 10.2. The zero-order valence-electron chi connectivity index (χ0n) is 15.9. The van der Waals surface area contributed by atoms with E-state index in [1.165, 1.54) is 42.3 Å².